The van der Waals surface area contributed by atoms with Gasteiger partial charge in [-0.15, -0.1) is 0 Å². The van der Waals surface area contributed by atoms with E-state index in [0.29, 0.717) is 11.5 Å². The first-order chi connectivity index (χ1) is 8.88. The quantitative estimate of drug-likeness (QED) is 0.903. The summed E-state index contributed by atoms with van der Waals surface area (Å²) in [6.07, 6.45) is 0.854. The molecule has 0 unspecified atom stereocenters. The van der Waals surface area contributed by atoms with E-state index in [1.54, 1.807) is 14.2 Å². The Balaban J connectivity index is 2.65. The van der Waals surface area contributed by atoms with Gasteiger partial charge in [0.05, 0.1) is 19.9 Å². The lowest BCUT2D eigenvalue weighted by Crippen LogP contribution is -2.43. The largest absolute Gasteiger partial charge is 0.493 e. The molecular formula is C14H17Cl2NO2. The maximum absolute atomic E-state index is 5.99. The van der Waals surface area contributed by atoms with Gasteiger partial charge in [0, 0.05) is 11.1 Å². The van der Waals surface area contributed by atoms with E-state index in [4.69, 9.17) is 32.7 Å². The van der Waals surface area contributed by atoms with Gasteiger partial charge in [-0.2, -0.15) is 0 Å². The van der Waals surface area contributed by atoms with Crippen molar-refractivity contribution in [3.8, 4) is 11.5 Å². The Morgan fingerprint density at radius 3 is 2.26 bits per heavy atom. The van der Waals surface area contributed by atoms with Gasteiger partial charge < -0.3 is 14.8 Å². The Labute approximate surface area is 123 Å². The van der Waals surface area contributed by atoms with E-state index >= 15 is 0 Å². The normalized spacial score (nSPS) is 16.4. The molecular weight excluding hydrogens is 285 g/mol. The molecule has 2 rings (SSSR count). The minimum atomic E-state index is -0.114. The van der Waals surface area contributed by atoms with Crippen LogP contribution in [0.15, 0.2) is 16.6 Å². The summed E-state index contributed by atoms with van der Waals surface area (Å²) in [5.74, 6) is 1.37. The number of hydrogen-bond acceptors (Lipinski definition) is 3. The highest BCUT2D eigenvalue weighted by Crippen LogP contribution is 2.39. The number of fused-ring (bicyclic) bond motifs is 1. The van der Waals surface area contributed by atoms with Crippen molar-refractivity contribution in [2.24, 2.45) is 0 Å². The number of methoxy groups -OCH3 is 2. The summed E-state index contributed by atoms with van der Waals surface area (Å²) in [6, 6.07) is 3.88. The van der Waals surface area contributed by atoms with Crippen molar-refractivity contribution in [2.45, 2.75) is 25.8 Å². The van der Waals surface area contributed by atoms with E-state index in [2.05, 4.69) is 19.2 Å². The predicted octanol–water partition coefficient (Wildman–Crippen LogP) is 3.73. The van der Waals surface area contributed by atoms with Crippen molar-refractivity contribution in [3.05, 3.63) is 27.8 Å². The van der Waals surface area contributed by atoms with Crippen LogP contribution < -0.4 is 14.8 Å². The Hall–Kier alpha value is -1.06. The molecule has 5 heteroatoms. The molecule has 1 aliphatic rings. The number of ether oxygens (including phenoxy) is 2. The SMILES string of the molecule is COc1cc2c(cc1OC)C(=C(Cl)Cl)NC(C)(C)C2. The van der Waals surface area contributed by atoms with Crippen molar-refractivity contribution < 1.29 is 9.47 Å². The number of nitrogens with one attached hydrogen (secondary N) is 1. The van der Waals surface area contributed by atoms with Gasteiger partial charge in [-0.25, -0.2) is 0 Å². The van der Waals surface area contributed by atoms with E-state index in [9.17, 15) is 0 Å². The summed E-state index contributed by atoms with van der Waals surface area (Å²) in [6.45, 7) is 4.20. The second kappa shape index (κ2) is 5.14. The maximum atomic E-state index is 5.99. The molecule has 0 amide bonds. The first-order valence-corrected chi connectivity index (χ1v) is 6.72. The minimum Gasteiger partial charge on any atom is -0.493 e. The monoisotopic (exact) mass is 301 g/mol. The Morgan fingerprint density at radius 2 is 1.74 bits per heavy atom. The fourth-order valence-corrected chi connectivity index (χ4v) is 2.67. The van der Waals surface area contributed by atoms with Gasteiger partial charge in [0.2, 0.25) is 0 Å². The van der Waals surface area contributed by atoms with Crippen LogP contribution in [0.3, 0.4) is 0 Å². The van der Waals surface area contributed by atoms with Crippen molar-refractivity contribution in [2.75, 3.05) is 14.2 Å². The number of benzene rings is 1. The molecule has 0 spiro atoms. The first-order valence-electron chi connectivity index (χ1n) is 5.96. The summed E-state index contributed by atoms with van der Waals surface area (Å²) in [5.41, 5.74) is 2.71. The van der Waals surface area contributed by atoms with Crippen LogP contribution in [0.2, 0.25) is 0 Å². The molecule has 0 saturated heterocycles. The number of hydrogen-bond donors (Lipinski definition) is 1. The standard InChI is InChI=1S/C14H17Cl2NO2/c1-14(2)7-8-5-10(18-3)11(19-4)6-9(8)12(17-14)13(15)16/h5-6,17H,7H2,1-4H3. The third-order valence-electron chi connectivity index (χ3n) is 3.16. The van der Waals surface area contributed by atoms with E-state index in [-0.39, 0.29) is 10.0 Å². The highest BCUT2D eigenvalue weighted by Gasteiger charge is 2.30. The second-order valence-corrected chi connectivity index (χ2v) is 6.13. The molecule has 3 nitrogen and oxygen atoms in total. The molecule has 1 N–H and O–H groups in total. The van der Waals surface area contributed by atoms with Gasteiger partial charge in [-0.3, -0.25) is 0 Å². The Morgan fingerprint density at radius 1 is 1.16 bits per heavy atom. The zero-order valence-electron chi connectivity index (χ0n) is 11.4. The third kappa shape index (κ3) is 2.77. The average Bonchev–Trinajstić information content (AvgIpc) is 2.35. The van der Waals surface area contributed by atoms with Gasteiger partial charge >= 0.3 is 0 Å². The first kappa shape index (κ1) is 14.4. The average molecular weight is 302 g/mol. The molecule has 1 aromatic carbocycles. The molecule has 1 aliphatic heterocycles. The van der Waals surface area contributed by atoms with Gasteiger partial charge in [-0.05, 0) is 38.0 Å². The maximum Gasteiger partial charge on any atom is 0.161 e. The molecule has 1 aromatic rings. The van der Waals surface area contributed by atoms with Crippen LogP contribution in [0, 0.1) is 0 Å². The minimum absolute atomic E-state index is 0.114. The molecule has 0 atom stereocenters. The summed E-state index contributed by atoms with van der Waals surface area (Å²) < 4.78 is 10.9. The van der Waals surface area contributed by atoms with Crippen LogP contribution in [-0.4, -0.2) is 19.8 Å². The highest BCUT2D eigenvalue weighted by molar-refractivity contribution is 6.58. The zero-order chi connectivity index (χ0) is 14.2. The van der Waals surface area contributed by atoms with E-state index in [1.807, 2.05) is 12.1 Å². The van der Waals surface area contributed by atoms with Crippen LogP contribution in [0.25, 0.3) is 5.70 Å². The number of rotatable bonds is 2. The fourth-order valence-electron chi connectivity index (χ4n) is 2.38. The van der Waals surface area contributed by atoms with Crippen LogP contribution in [-0.2, 0) is 6.42 Å². The molecule has 0 fully saturated rings. The summed E-state index contributed by atoms with van der Waals surface area (Å²) in [7, 11) is 3.23. The Bertz CT molecular complexity index is 534. The summed E-state index contributed by atoms with van der Waals surface area (Å²) in [4.78, 5) is 0. The molecule has 104 valence electrons. The van der Waals surface area contributed by atoms with Crippen molar-refractivity contribution >= 4 is 28.9 Å². The molecule has 19 heavy (non-hydrogen) atoms. The fraction of sp³-hybridized carbons (Fsp3) is 0.429. The Kier molecular flexibility index (Phi) is 3.88. The third-order valence-corrected chi connectivity index (χ3v) is 3.54. The van der Waals surface area contributed by atoms with Crippen LogP contribution in [0.1, 0.15) is 25.0 Å². The van der Waals surface area contributed by atoms with Crippen molar-refractivity contribution in [1.29, 1.82) is 0 Å². The molecule has 0 aliphatic carbocycles. The van der Waals surface area contributed by atoms with E-state index < -0.39 is 0 Å². The van der Waals surface area contributed by atoms with E-state index in [0.717, 1.165) is 23.2 Å². The van der Waals surface area contributed by atoms with Gasteiger partial charge in [0.1, 0.15) is 4.49 Å². The van der Waals surface area contributed by atoms with Crippen molar-refractivity contribution in [1.82, 2.24) is 5.32 Å². The summed E-state index contributed by atoms with van der Waals surface area (Å²) in [5, 5.41) is 3.36. The second-order valence-electron chi connectivity index (χ2n) is 5.19. The van der Waals surface area contributed by atoms with Crippen LogP contribution >= 0.6 is 23.2 Å². The number of halogens is 2. The van der Waals surface area contributed by atoms with Crippen LogP contribution in [0.5, 0.6) is 11.5 Å². The molecule has 0 saturated carbocycles. The summed E-state index contributed by atoms with van der Waals surface area (Å²) >= 11 is 12.0. The van der Waals surface area contributed by atoms with Gasteiger partial charge in [-0.1, -0.05) is 23.2 Å². The van der Waals surface area contributed by atoms with Crippen molar-refractivity contribution in [3.63, 3.8) is 0 Å². The molecule has 0 radical (unpaired) electrons. The smallest absolute Gasteiger partial charge is 0.161 e. The lowest BCUT2D eigenvalue weighted by Gasteiger charge is -2.36. The topological polar surface area (TPSA) is 30.5 Å². The van der Waals surface area contributed by atoms with Crippen LogP contribution in [0.4, 0.5) is 0 Å². The predicted molar refractivity (Wildman–Crippen MR) is 79.1 cm³/mol. The van der Waals surface area contributed by atoms with Gasteiger partial charge in [0.15, 0.2) is 11.5 Å². The molecule has 0 aromatic heterocycles. The lowest BCUT2D eigenvalue weighted by molar-refractivity contribution is 0.352. The lowest BCUT2D eigenvalue weighted by atomic mass is 9.86. The van der Waals surface area contributed by atoms with Gasteiger partial charge in [0.25, 0.3) is 0 Å². The van der Waals surface area contributed by atoms with E-state index in [1.165, 1.54) is 0 Å². The zero-order valence-corrected chi connectivity index (χ0v) is 12.9. The molecule has 1 heterocycles. The molecule has 0 bridgehead atoms. The highest BCUT2D eigenvalue weighted by atomic mass is 35.5.